The van der Waals surface area contributed by atoms with Crippen molar-refractivity contribution >= 4 is 5.91 Å². The molecule has 1 amide bonds. The summed E-state index contributed by atoms with van der Waals surface area (Å²) in [5.74, 6) is 0.764. The summed E-state index contributed by atoms with van der Waals surface area (Å²) in [7, 11) is 1.64. The van der Waals surface area contributed by atoms with Gasteiger partial charge < -0.3 is 9.64 Å². The van der Waals surface area contributed by atoms with E-state index in [0.29, 0.717) is 25.3 Å². The largest absolute Gasteiger partial charge is 0.497 e. The van der Waals surface area contributed by atoms with E-state index in [1.165, 1.54) is 5.56 Å². The number of methoxy groups -OCH3 is 1. The third-order valence-corrected chi connectivity index (χ3v) is 5.17. The summed E-state index contributed by atoms with van der Waals surface area (Å²) in [6.07, 6.45) is 1.73. The van der Waals surface area contributed by atoms with Crippen molar-refractivity contribution in [2.45, 2.75) is 13.1 Å². The average molecular weight is 391 g/mol. The zero-order chi connectivity index (χ0) is 20.1. The average Bonchev–Trinajstić information content (AvgIpc) is 3.23. The molecule has 0 N–H and O–H groups in total. The van der Waals surface area contributed by atoms with Gasteiger partial charge >= 0.3 is 0 Å². The van der Waals surface area contributed by atoms with Crippen LogP contribution in [0.1, 0.15) is 21.6 Å². The molecule has 1 saturated heterocycles. The molecule has 7 heteroatoms. The van der Waals surface area contributed by atoms with Crippen LogP contribution in [0.4, 0.5) is 0 Å². The Bertz CT molecular complexity index is 931. The first-order valence-corrected chi connectivity index (χ1v) is 9.80. The highest BCUT2D eigenvalue weighted by molar-refractivity contribution is 5.92. The van der Waals surface area contributed by atoms with Gasteiger partial charge in [0.15, 0.2) is 5.69 Å². The van der Waals surface area contributed by atoms with Crippen molar-refractivity contribution in [3.8, 4) is 5.75 Å². The molecule has 0 unspecified atom stereocenters. The second-order valence-electron chi connectivity index (χ2n) is 7.20. The molecule has 7 nitrogen and oxygen atoms in total. The van der Waals surface area contributed by atoms with Gasteiger partial charge in [0.2, 0.25) is 0 Å². The molecule has 0 aliphatic carbocycles. The Hall–Kier alpha value is -3.19. The zero-order valence-corrected chi connectivity index (χ0v) is 16.6. The zero-order valence-electron chi connectivity index (χ0n) is 16.6. The predicted octanol–water partition coefficient (Wildman–Crippen LogP) is 2.29. The van der Waals surface area contributed by atoms with E-state index in [2.05, 4.69) is 39.5 Å². The fourth-order valence-electron chi connectivity index (χ4n) is 3.50. The first-order valence-electron chi connectivity index (χ1n) is 9.80. The van der Waals surface area contributed by atoms with Crippen LogP contribution in [0.3, 0.4) is 0 Å². The summed E-state index contributed by atoms with van der Waals surface area (Å²) in [5, 5.41) is 8.21. The topological polar surface area (TPSA) is 63.5 Å². The van der Waals surface area contributed by atoms with Gasteiger partial charge in [-0.3, -0.25) is 9.69 Å². The van der Waals surface area contributed by atoms with Gasteiger partial charge in [-0.25, -0.2) is 4.68 Å². The first kappa shape index (κ1) is 19.1. The molecule has 4 rings (SSSR count). The predicted molar refractivity (Wildman–Crippen MR) is 110 cm³/mol. The summed E-state index contributed by atoms with van der Waals surface area (Å²) < 4.78 is 6.87. The van der Waals surface area contributed by atoms with Crippen molar-refractivity contribution in [2.24, 2.45) is 0 Å². The monoisotopic (exact) mass is 391 g/mol. The summed E-state index contributed by atoms with van der Waals surface area (Å²) in [6, 6.07) is 18.2. The third-order valence-electron chi connectivity index (χ3n) is 5.17. The maximum atomic E-state index is 12.8. The molecule has 1 aliphatic rings. The van der Waals surface area contributed by atoms with Crippen LogP contribution in [0, 0.1) is 0 Å². The highest BCUT2D eigenvalue weighted by Crippen LogP contribution is 2.13. The van der Waals surface area contributed by atoms with Gasteiger partial charge in [0.05, 0.1) is 19.9 Å². The van der Waals surface area contributed by atoms with E-state index in [1.807, 2.05) is 35.2 Å². The number of hydrogen-bond donors (Lipinski definition) is 0. The number of carbonyl (C=O) groups is 1. The lowest BCUT2D eigenvalue weighted by Crippen LogP contribution is -2.48. The van der Waals surface area contributed by atoms with Gasteiger partial charge in [0, 0.05) is 32.7 Å². The van der Waals surface area contributed by atoms with Crippen LogP contribution in [-0.2, 0) is 13.1 Å². The van der Waals surface area contributed by atoms with Gasteiger partial charge in [-0.15, -0.1) is 5.10 Å². The molecule has 3 aromatic rings. The van der Waals surface area contributed by atoms with E-state index < -0.39 is 0 Å². The van der Waals surface area contributed by atoms with E-state index >= 15 is 0 Å². The Kier molecular flexibility index (Phi) is 5.86. The summed E-state index contributed by atoms with van der Waals surface area (Å²) in [4.78, 5) is 17.0. The number of piperazine rings is 1. The number of ether oxygens (including phenoxy) is 1. The van der Waals surface area contributed by atoms with E-state index in [9.17, 15) is 4.79 Å². The van der Waals surface area contributed by atoms with Gasteiger partial charge in [0.25, 0.3) is 5.91 Å². The molecule has 29 heavy (non-hydrogen) atoms. The molecule has 1 aliphatic heterocycles. The van der Waals surface area contributed by atoms with Crippen LogP contribution in [0.5, 0.6) is 5.75 Å². The minimum Gasteiger partial charge on any atom is -0.497 e. The molecule has 0 radical (unpaired) electrons. The second kappa shape index (κ2) is 8.87. The van der Waals surface area contributed by atoms with Crippen molar-refractivity contribution in [3.63, 3.8) is 0 Å². The molecule has 150 valence electrons. The van der Waals surface area contributed by atoms with Gasteiger partial charge in [-0.1, -0.05) is 47.7 Å². The summed E-state index contributed by atoms with van der Waals surface area (Å²) in [5.41, 5.74) is 2.77. The Labute approximate surface area is 170 Å². The van der Waals surface area contributed by atoms with Crippen LogP contribution in [0.2, 0.25) is 0 Å². The van der Waals surface area contributed by atoms with E-state index in [1.54, 1.807) is 18.0 Å². The molecular weight excluding hydrogens is 366 g/mol. The smallest absolute Gasteiger partial charge is 0.276 e. The van der Waals surface area contributed by atoms with Crippen LogP contribution in [-0.4, -0.2) is 64.0 Å². The van der Waals surface area contributed by atoms with E-state index in [0.717, 1.165) is 30.9 Å². The van der Waals surface area contributed by atoms with Crippen LogP contribution < -0.4 is 4.74 Å². The number of amides is 1. The van der Waals surface area contributed by atoms with Crippen LogP contribution in [0.25, 0.3) is 0 Å². The highest BCUT2D eigenvalue weighted by atomic mass is 16.5. The molecule has 1 aromatic heterocycles. The fourth-order valence-corrected chi connectivity index (χ4v) is 3.50. The van der Waals surface area contributed by atoms with Gasteiger partial charge in [0.1, 0.15) is 5.75 Å². The quantitative estimate of drug-likeness (QED) is 0.645. The van der Waals surface area contributed by atoms with Crippen molar-refractivity contribution in [1.82, 2.24) is 24.8 Å². The van der Waals surface area contributed by atoms with E-state index in [4.69, 9.17) is 4.74 Å². The first-order chi connectivity index (χ1) is 14.2. The van der Waals surface area contributed by atoms with Crippen molar-refractivity contribution in [2.75, 3.05) is 33.3 Å². The molecule has 2 heterocycles. The second-order valence-corrected chi connectivity index (χ2v) is 7.20. The molecule has 0 bridgehead atoms. The molecule has 2 aromatic carbocycles. The van der Waals surface area contributed by atoms with Crippen molar-refractivity contribution in [1.29, 1.82) is 0 Å². The maximum Gasteiger partial charge on any atom is 0.276 e. The number of nitrogens with zero attached hydrogens (tertiary/aromatic N) is 5. The molecule has 1 fully saturated rings. The Morgan fingerprint density at radius 3 is 2.31 bits per heavy atom. The number of rotatable bonds is 6. The normalized spacial score (nSPS) is 14.7. The number of aromatic nitrogens is 3. The Morgan fingerprint density at radius 1 is 0.931 bits per heavy atom. The van der Waals surface area contributed by atoms with Crippen molar-refractivity contribution in [3.05, 3.63) is 77.6 Å². The standard InChI is InChI=1S/C22H25N5O2/c1-29-20-9-7-19(8-10-20)16-27-17-21(23-24-27)22(28)26-13-11-25(12-14-26)15-18-5-3-2-4-6-18/h2-10,17H,11-16H2,1H3. The molecular formula is C22H25N5O2. The lowest BCUT2D eigenvalue weighted by molar-refractivity contribution is 0.0622. The highest BCUT2D eigenvalue weighted by Gasteiger charge is 2.24. The van der Waals surface area contributed by atoms with Gasteiger partial charge in [-0.05, 0) is 23.3 Å². The number of benzene rings is 2. The third kappa shape index (κ3) is 4.81. The Morgan fingerprint density at radius 2 is 1.62 bits per heavy atom. The SMILES string of the molecule is COc1ccc(Cn2cc(C(=O)N3CCN(Cc4ccccc4)CC3)nn2)cc1. The molecule has 0 saturated carbocycles. The Balaban J connectivity index is 1.31. The summed E-state index contributed by atoms with van der Waals surface area (Å²) in [6.45, 7) is 4.62. The molecule has 0 spiro atoms. The lowest BCUT2D eigenvalue weighted by atomic mass is 10.2. The number of carbonyl (C=O) groups excluding carboxylic acids is 1. The summed E-state index contributed by atoms with van der Waals surface area (Å²) >= 11 is 0. The maximum absolute atomic E-state index is 12.8. The minimum absolute atomic E-state index is 0.0506. The fraction of sp³-hybridized carbons (Fsp3) is 0.318. The van der Waals surface area contributed by atoms with Gasteiger partial charge in [-0.2, -0.15) is 0 Å². The van der Waals surface area contributed by atoms with E-state index in [-0.39, 0.29) is 5.91 Å². The number of hydrogen-bond acceptors (Lipinski definition) is 5. The van der Waals surface area contributed by atoms with Crippen LogP contribution in [0.15, 0.2) is 60.8 Å². The minimum atomic E-state index is -0.0506. The van der Waals surface area contributed by atoms with Crippen molar-refractivity contribution < 1.29 is 9.53 Å². The lowest BCUT2D eigenvalue weighted by Gasteiger charge is -2.34. The molecule has 0 atom stereocenters. The van der Waals surface area contributed by atoms with Crippen LogP contribution >= 0.6 is 0 Å².